The van der Waals surface area contributed by atoms with Crippen LogP contribution in [0, 0.1) is 17.7 Å². The Bertz CT molecular complexity index is 404. The SMILES string of the molecule is COc1ccc(CC(C)C(C)C(=O)O)cc1F. The van der Waals surface area contributed by atoms with Crippen molar-refractivity contribution < 1.29 is 19.0 Å². The van der Waals surface area contributed by atoms with E-state index in [1.807, 2.05) is 6.92 Å². The van der Waals surface area contributed by atoms with Gasteiger partial charge >= 0.3 is 5.97 Å². The molecule has 1 aromatic carbocycles. The molecule has 0 saturated heterocycles. The monoisotopic (exact) mass is 240 g/mol. The maximum absolute atomic E-state index is 13.4. The Kier molecular flexibility index (Phi) is 4.49. The van der Waals surface area contributed by atoms with Crippen LogP contribution in [0.15, 0.2) is 18.2 Å². The van der Waals surface area contributed by atoms with E-state index in [1.54, 1.807) is 19.1 Å². The summed E-state index contributed by atoms with van der Waals surface area (Å²) in [6.07, 6.45) is 0.536. The number of halogens is 1. The van der Waals surface area contributed by atoms with Crippen LogP contribution in [0.2, 0.25) is 0 Å². The maximum atomic E-state index is 13.4. The van der Waals surface area contributed by atoms with Gasteiger partial charge in [-0.15, -0.1) is 0 Å². The fourth-order valence-corrected chi connectivity index (χ4v) is 1.63. The van der Waals surface area contributed by atoms with Crippen molar-refractivity contribution in [2.24, 2.45) is 11.8 Å². The summed E-state index contributed by atoms with van der Waals surface area (Å²) < 4.78 is 18.2. The van der Waals surface area contributed by atoms with Crippen LogP contribution in [-0.4, -0.2) is 18.2 Å². The summed E-state index contributed by atoms with van der Waals surface area (Å²) >= 11 is 0. The summed E-state index contributed by atoms with van der Waals surface area (Å²) in [6, 6.07) is 4.71. The van der Waals surface area contributed by atoms with Crippen LogP contribution in [0.4, 0.5) is 4.39 Å². The Hall–Kier alpha value is -1.58. The summed E-state index contributed by atoms with van der Waals surface area (Å²) in [5.74, 6) is -1.53. The van der Waals surface area contributed by atoms with Crippen molar-refractivity contribution in [2.75, 3.05) is 7.11 Å². The molecule has 94 valence electrons. The number of rotatable bonds is 5. The highest BCUT2D eigenvalue weighted by atomic mass is 19.1. The third kappa shape index (κ3) is 3.44. The van der Waals surface area contributed by atoms with E-state index in [4.69, 9.17) is 9.84 Å². The van der Waals surface area contributed by atoms with E-state index in [2.05, 4.69) is 0 Å². The van der Waals surface area contributed by atoms with Crippen LogP contribution in [0.3, 0.4) is 0 Å². The standard InChI is InChI=1S/C13H17FO3/c1-8(9(2)13(15)16)6-10-4-5-12(17-3)11(14)7-10/h4-5,7-9H,6H2,1-3H3,(H,15,16). The molecule has 2 unspecified atom stereocenters. The number of hydrogen-bond donors (Lipinski definition) is 1. The number of hydrogen-bond acceptors (Lipinski definition) is 2. The summed E-state index contributed by atoms with van der Waals surface area (Å²) in [7, 11) is 1.41. The molecule has 2 atom stereocenters. The van der Waals surface area contributed by atoms with Gasteiger partial charge in [0.15, 0.2) is 11.6 Å². The number of carboxylic acid groups (broad SMARTS) is 1. The van der Waals surface area contributed by atoms with Gasteiger partial charge in [0, 0.05) is 0 Å². The van der Waals surface area contributed by atoms with Gasteiger partial charge in [-0.2, -0.15) is 0 Å². The third-order valence-corrected chi connectivity index (χ3v) is 3.02. The molecule has 0 saturated carbocycles. The molecule has 3 nitrogen and oxygen atoms in total. The van der Waals surface area contributed by atoms with Crippen molar-refractivity contribution in [1.29, 1.82) is 0 Å². The van der Waals surface area contributed by atoms with Crippen molar-refractivity contribution in [3.63, 3.8) is 0 Å². The number of ether oxygens (including phenoxy) is 1. The zero-order valence-corrected chi connectivity index (χ0v) is 10.2. The average Bonchev–Trinajstić information content (AvgIpc) is 2.28. The molecule has 0 heterocycles. The van der Waals surface area contributed by atoms with Crippen LogP contribution in [0.5, 0.6) is 5.75 Å². The predicted octanol–water partition coefficient (Wildman–Crippen LogP) is 2.73. The molecule has 1 rings (SSSR count). The fourth-order valence-electron chi connectivity index (χ4n) is 1.63. The Morgan fingerprint density at radius 3 is 2.59 bits per heavy atom. The fraction of sp³-hybridized carbons (Fsp3) is 0.462. The van der Waals surface area contributed by atoms with Gasteiger partial charge in [-0.3, -0.25) is 4.79 Å². The molecule has 0 bridgehead atoms. The lowest BCUT2D eigenvalue weighted by Crippen LogP contribution is -2.19. The lowest BCUT2D eigenvalue weighted by Gasteiger charge is -2.16. The van der Waals surface area contributed by atoms with Crippen LogP contribution in [0.1, 0.15) is 19.4 Å². The quantitative estimate of drug-likeness (QED) is 0.860. The molecule has 0 radical (unpaired) electrons. The summed E-state index contributed by atoms with van der Waals surface area (Å²) in [5.41, 5.74) is 0.781. The van der Waals surface area contributed by atoms with Crippen molar-refractivity contribution >= 4 is 5.97 Å². The largest absolute Gasteiger partial charge is 0.494 e. The molecule has 0 aliphatic rings. The van der Waals surface area contributed by atoms with Crippen molar-refractivity contribution in [3.8, 4) is 5.75 Å². The molecule has 0 spiro atoms. The zero-order valence-electron chi connectivity index (χ0n) is 10.2. The van der Waals surface area contributed by atoms with Crippen molar-refractivity contribution in [3.05, 3.63) is 29.6 Å². The molecule has 0 amide bonds. The van der Waals surface area contributed by atoms with Crippen molar-refractivity contribution in [2.45, 2.75) is 20.3 Å². The third-order valence-electron chi connectivity index (χ3n) is 3.02. The second kappa shape index (κ2) is 5.66. The summed E-state index contributed by atoms with van der Waals surface area (Å²) in [4.78, 5) is 10.8. The molecule has 1 aromatic rings. The number of benzene rings is 1. The Morgan fingerprint density at radius 1 is 1.47 bits per heavy atom. The molecule has 17 heavy (non-hydrogen) atoms. The molecular formula is C13H17FO3. The smallest absolute Gasteiger partial charge is 0.306 e. The molecule has 0 aromatic heterocycles. The van der Waals surface area contributed by atoms with Crippen molar-refractivity contribution in [1.82, 2.24) is 0 Å². The minimum absolute atomic E-state index is 0.0414. The van der Waals surface area contributed by atoms with Crippen LogP contribution in [-0.2, 0) is 11.2 Å². The number of aliphatic carboxylic acids is 1. The molecule has 1 N–H and O–H groups in total. The second-order valence-electron chi connectivity index (χ2n) is 4.28. The van der Waals surface area contributed by atoms with E-state index in [9.17, 15) is 9.18 Å². The Labute approximate surface area is 100 Å². The Morgan fingerprint density at radius 2 is 2.12 bits per heavy atom. The van der Waals surface area contributed by atoms with Crippen LogP contribution in [0.25, 0.3) is 0 Å². The average molecular weight is 240 g/mol. The van der Waals surface area contributed by atoms with Gasteiger partial charge < -0.3 is 9.84 Å². The highest BCUT2D eigenvalue weighted by Crippen LogP contribution is 2.22. The first-order chi connectivity index (χ1) is 7.95. The molecular weight excluding hydrogens is 223 g/mol. The highest BCUT2D eigenvalue weighted by Gasteiger charge is 2.19. The van der Waals surface area contributed by atoms with E-state index in [-0.39, 0.29) is 11.7 Å². The maximum Gasteiger partial charge on any atom is 0.306 e. The van der Waals surface area contributed by atoms with E-state index in [0.29, 0.717) is 6.42 Å². The Balaban J connectivity index is 2.75. The first-order valence-electron chi connectivity index (χ1n) is 5.51. The highest BCUT2D eigenvalue weighted by molar-refractivity contribution is 5.69. The van der Waals surface area contributed by atoms with E-state index < -0.39 is 17.7 Å². The minimum Gasteiger partial charge on any atom is -0.494 e. The number of carbonyl (C=O) groups is 1. The lowest BCUT2D eigenvalue weighted by atomic mass is 9.90. The van der Waals surface area contributed by atoms with Gasteiger partial charge in [0.2, 0.25) is 0 Å². The topological polar surface area (TPSA) is 46.5 Å². The zero-order chi connectivity index (χ0) is 13.0. The van der Waals surface area contributed by atoms with E-state index in [0.717, 1.165) is 5.56 Å². The van der Waals surface area contributed by atoms with Gasteiger partial charge in [-0.05, 0) is 30.0 Å². The number of methoxy groups -OCH3 is 1. The predicted molar refractivity (Wildman–Crippen MR) is 62.6 cm³/mol. The minimum atomic E-state index is -0.827. The molecule has 0 fully saturated rings. The van der Waals surface area contributed by atoms with Crippen LogP contribution < -0.4 is 4.74 Å². The molecule has 4 heteroatoms. The second-order valence-corrected chi connectivity index (χ2v) is 4.28. The molecule has 0 aliphatic heterocycles. The summed E-state index contributed by atoms with van der Waals surface area (Å²) in [5, 5.41) is 8.87. The summed E-state index contributed by atoms with van der Waals surface area (Å²) in [6.45, 7) is 3.51. The first kappa shape index (κ1) is 13.5. The first-order valence-corrected chi connectivity index (χ1v) is 5.51. The van der Waals surface area contributed by atoms with Gasteiger partial charge in [-0.1, -0.05) is 19.9 Å². The van der Waals surface area contributed by atoms with Gasteiger partial charge in [0.25, 0.3) is 0 Å². The van der Waals surface area contributed by atoms with E-state index >= 15 is 0 Å². The van der Waals surface area contributed by atoms with Gasteiger partial charge in [0.1, 0.15) is 0 Å². The molecule has 0 aliphatic carbocycles. The van der Waals surface area contributed by atoms with E-state index in [1.165, 1.54) is 13.2 Å². The van der Waals surface area contributed by atoms with Gasteiger partial charge in [0.05, 0.1) is 13.0 Å². The van der Waals surface area contributed by atoms with Crippen LogP contribution >= 0.6 is 0 Å². The number of carboxylic acids is 1. The normalized spacial score (nSPS) is 14.1. The lowest BCUT2D eigenvalue weighted by molar-refractivity contribution is -0.142. The van der Waals surface area contributed by atoms with Gasteiger partial charge in [-0.25, -0.2) is 4.39 Å².